The fraction of sp³-hybridized carbons (Fsp3) is 0.533. The van der Waals surface area contributed by atoms with Crippen LogP contribution in [0.2, 0.25) is 0 Å². The van der Waals surface area contributed by atoms with Gasteiger partial charge >= 0.3 is 5.97 Å². The van der Waals surface area contributed by atoms with E-state index in [1.807, 2.05) is 36.2 Å². The number of hydrogen-bond donors (Lipinski definition) is 1. The number of benzene rings is 1. The van der Waals surface area contributed by atoms with Crippen molar-refractivity contribution in [2.75, 3.05) is 25.6 Å². The molecule has 0 atom stereocenters. The monoisotopic (exact) mass is 263 g/mol. The first-order valence-electron chi connectivity index (χ1n) is 6.66. The number of rotatable bonds is 5. The number of nitrogens with zero attached hydrogens (tertiary/aromatic N) is 1. The van der Waals surface area contributed by atoms with Crippen molar-refractivity contribution in [3.05, 3.63) is 24.3 Å². The molecular formula is C15H21NO3. The Morgan fingerprint density at radius 1 is 1.42 bits per heavy atom. The van der Waals surface area contributed by atoms with E-state index >= 15 is 0 Å². The van der Waals surface area contributed by atoms with Gasteiger partial charge in [0.05, 0.1) is 12.5 Å². The zero-order valence-electron chi connectivity index (χ0n) is 11.6. The molecule has 1 aromatic carbocycles. The lowest BCUT2D eigenvalue weighted by molar-refractivity contribution is -0.148. The fourth-order valence-electron chi connectivity index (χ4n) is 2.88. The third kappa shape index (κ3) is 2.83. The number of ether oxygens (including phenoxy) is 1. The van der Waals surface area contributed by atoms with Gasteiger partial charge in [0.15, 0.2) is 0 Å². The number of hydrogen-bond acceptors (Lipinski definition) is 3. The molecule has 19 heavy (non-hydrogen) atoms. The molecule has 4 nitrogen and oxygen atoms in total. The van der Waals surface area contributed by atoms with E-state index in [4.69, 9.17) is 4.74 Å². The number of carbonyl (C=O) groups is 1. The molecule has 1 aromatic rings. The second-order valence-electron chi connectivity index (χ2n) is 5.35. The molecule has 0 radical (unpaired) electrons. The van der Waals surface area contributed by atoms with Crippen LogP contribution in [0, 0.1) is 5.41 Å². The maximum atomic E-state index is 11.6. The predicted molar refractivity (Wildman–Crippen MR) is 74.8 cm³/mol. The Morgan fingerprint density at radius 2 is 2.11 bits per heavy atom. The van der Waals surface area contributed by atoms with Crippen molar-refractivity contribution in [1.29, 1.82) is 0 Å². The number of anilines is 1. The second-order valence-corrected chi connectivity index (χ2v) is 5.35. The number of carboxylic acids is 1. The van der Waals surface area contributed by atoms with E-state index in [0.29, 0.717) is 6.54 Å². The number of methoxy groups -OCH3 is 1. The summed E-state index contributed by atoms with van der Waals surface area (Å²) in [6, 6.07) is 7.73. The van der Waals surface area contributed by atoms with Crippen molar-refractivity contribution in [3.8, 4) is 5.75 Å². The molecule has 1 N–H and O–H groups in total. The summed E-state index contributed by atoms with van der Waals surface area (Å²) in [5.41, 5.74) is 0.407. The van der Waals surface area contributed by atoms with Gasteiger partial charge in [-0.05, 0) is 25.0 Å². The minimum atomic E-state index is -0.667. The first-order valence-corrected chi connectivity index (χ1v) is 6.66. The first kappa shape index (κ1) is 13.7. The molecule has 104 valence electrons. The van der Waals surface area contributed by atoms with Gasteiger partial charge in [0, 0.05) is 25.3 Å². The summed E-state index contributed by atoms with van der Waals surface area (Å²) >= 11 is 0. The summed E-state index contributed by atoms with van der Waals surface area (Å²) in [6.07, 6.45) is 3.57. The third-order valence-corrected chi connectivity index (χ3v) is 4.05. The van der Waals surface area contributed by atoms with Crippen molar-refractivity contribution < 1.29 is 14.6 Å². The molecule has 0 bridgehead atoms. The van der Waals surface area contributed by atoms with Gasteiger partial charge in [-0.25, -0.2) is 0 Å². The van der Waals surface area contributed by atoms with Crippen LogP contribution >= 0.6 is 0 Å². The van der Waals surface area contributed by atoms with Crippen LogP contribution in [0.15, 0.2) is 24.3 Å². The minimum absolute atomic E-state index is 0.551. The SMILES string of the molecule is COc1cccc(N(C)CC2(C(=O)O)CCCC2)c1. The molecule has 4 heteroatoms. The molecule has 0 aromatic heterocycles. The average molecular weight is 263 g/mol. The van der Waals surface area contributed by atoms with E-state index in [2.05, 4.69) is 0 Å². The molecule has 0 saturated heterocycles. The van der Waals surface area contributed by atoms with Gasteiger partial charge in [-0.3, -0.25) is 4.79 Å². The van der Waals surface area contributed by atoms with Gasteiger partial charge in [-0.2, -0.15) is 0 Å². The summed E-state index contributed by atoms with van der Waals surface area (Å²) < 4.78 is 5.20. The zero-order valence-corrected chi connectivity index (χ0v) is 11.6. The lowest BCUT2D eigenvalue weighted by Gasteiger charge is -2.31. The van der Waals surface area contributed by atoms with Gasteiger partial charge < -0.3 is 14.7 Å². The highest BCUT2D eigenvalue weighted by Gasteiger charge is 2.42. The Kier molecular flexibility index (Phi) is 3.98. The van der Waals surface area contributed by atoms with Crippen molar-refractivity contribution >= 4 is 11.7 Å². The Morgan fingerprint density at radius 3 is 2.68 bits per heavy atom. The summed E-state index contributed by atoms with van der Waals surface area (Å²) in [5, 5.41) is 9.51. The molecule has 0 aliphatic heterocycles. The molecule has 1 aliphatic rings. The van der Waals surface area contributed by atoms with Crippen LogP contribution in [0.1, 0.15) is 25.7 Å². The van der Waals surface area contributed by atoms with Gasteiger partial charge in [0.1, 0.15) is 5.75 Å². The van der Waals surface area contributed by atoms with Crippen LogP contribution < -0.4 is 9.64 Å². The number of aliphatic carboxylic acids is 1. The van der Waals surface area contributed by atoms with Crippen molar-refractivity contribution in [2.24, 2.45) is 5.41 Å². The van der Waals surface area contributed by atoms with E-state index in [1.54, 1.807) is 7.11 Å². The highest BCUT2D eigenvalue weighted by molar-refractivity contribution is 5.76. The lowest BCUT2D eigenvalue weighted by Crippen LogP contribution is -2.39. The second kappa shape index (κ2) is 5.51. The maximum Gasteiger partial charge on any atom is 0.311 e. The van der Waals surface area contributed by atoms with E-state index in [0.717, 1.165) is 37.1 Å². The van der Waals surface area contributed by atoms with Gasteiger partial charge in [-0.15, -0.1) is 0 Å². The Labute approximate surface area is 114 Å². The largest absolute Gasteiger partial charge is 0.497 e. The van der Waals surface area contributed by atoms with E-state index in [-0.39, 0.29) is 0 Å². The third-order valence-electron chi connectivity index (χ3n) is 4.05. The molecular weight excluding hydrogens is 242 g/mol. The van der Waals surface area contributed by atoms with Crippen LogP contribution in [-0.2, 0) is 4.79 Å². The Balaban J connectivity index is 2.15. The fourth-order valence-corrected chi connectivity index (χ4v) is 2.88. The molecule has 1 fully saturated rings. The van der Waals surface area contributed by atoms with E-state index in [9.17, 15) is 9.90 Å². The van der Waals surface area contributed by atoms with Crippen molar-refractivity contribution in [3.63, 3.8) is 0 Å². The van der Waals surface area contributed by atoms with Gasteiger partial charge in [0.25, 0.3) is 0 Å². The van der Waals surface area contributed by atoms with Crippen LogP contribution in [0.3, 0.4) is 0 Å². The summed E-state index contributed by atoms with van der Waals surface area (Å²) in [6.45, 7) is 0.551. The molecule has 0 unspecified atom stereocenters. The average Bonchev–Trinajstić information content (AvgIpc) is 2.88. The van der Waals surface area contributed by atoms with Crippen molar-refractivity contribution in [2.45, 2.75) is 25.7 Å². The van der Waals surface area contributed by atoms with Crippen LogP contribution in [0.25, 0.3) is 0 Å². The van der Waals surface area contributed by atoms with E-state index < -0.39 is 11.4 Å². The quantitative estimate of drug-likeness (QED) is 0.887. The lowest BCUT2D eigenvalue weighted by atomic mass is 9.85. The Bertz CT molecular complexity index is 452. The Hall–Kier alpha value is -1.71. The normalized spacial score (nSPS) is 17.2. The maximum absolute atomic E-state index is 11.6. The molecule has 0 heterocycles. The van der Waals surface area contributed by atoms with E-state index in [1.165, 1.54) is 0 Å². The zero-order chi connectivity index (χ0) is 13.9. The van der Waals surface area contributed by atoms with Gasteiger partial charge in [-0.1, -0.05) is 18.9 Å². The summed E-state index contributed by atoms with van der Waals surface area (Å²) in [5.74, 6) is 0.125. The van der Waals surface area contributed by atoms with Crippen LogP contribution in [-0.4, -0.2) is 31.8 Å². The minimum Gasteiger partial charge on any atom is -0.497 e. The summed E-state index contributed by atoms with van der Waals surface area (Å²) in [4.78, 5) is 13.6. The molecule has 0 spiro atoms. The molecule has 1 aliphatic carbocycles. The first-order chi connectivity index (χ1) is 9.07. The molecule has 2 rings (SSSR count). The number of carboxylic acid groups (broad SMARTS) is 1. The van der Waals surface area contributed by atoms with Crippen molar-refractivity contribution in [1.82, 2.24) is 0 Å². The standard InChI is InChI=1S/C15H21NO3/c1-16(12-6-5-7-13(10-12)19-2)11-15(14(17)18)8-3-4-9-15/h5-7,10H,3-4,8-9,11H2,1-2H3,(H,17,18). The smallest absolute Gasteiger partial charge is 0.311 e. The van der Waals surface area contributed by atoms with Gasteiger partial charge in [0.2, 0.25) is 0 Å². The highest BCUT2D eigenvalue weighted by Crippen LogP contribution is 2.39. The van der Waals surface area contributed by atoms with Crippen LogP contribution in [0.5, 0.6) is 5.75 Å². The highest BCUT2D eigenvalue weighted by atomic mass is 16.5. The molecule has 1 saturated carbocycles. The summed E-state index contributed by atoms with van der Waals surface area (Å²) in [7, 11) is 3.58. The molecule has 0 amide bonds. The predicted octanol–water partition coefficient (Wildman–Crippen LogP) is 2.78. The van der Waals surface area contributed by atoms with Crippen LogP contribution in [0.4, 0.5) is 5.69 Å². The topological polar surface area (TPSA) is 49.8 Å².